The number of para-hydroxylation sites is 1. The molecule has 3 rings (SSSR count). The Labute approximate surface area is 144 Å². The molecule has 6 heteroatoms. The van der Waals surface area contributed by atoms with Crippen LogP contribution in [0.2, 0.25) is 10.0 Å². The molecule has 23 heavy (non-hydrogen) atoms. The molecule has 0 spiro atoms. The Bertz CT molecular complexity index is 750. The van der Waals surface area contributed by atoms with Crippen LogP contribution in [0.1, 0.15) is 6.42 Å². The Balaban J connectivity index is 1.69. The van der Waals surface area contributed by atoms with Gasteiger partial charge in [0.1, 0.15) is 0 Å². The normalized spacial score (nSPS) is 17.4. The average molecular weight is 349 g/mol. The van der Waals surface area contributed by atoms with Crippen LogP contribution < -0.4 is 10.2 Å². The molecule has 2 amide bonds. The Kier molecular flexibility index (Phi) is 4.55. The summed E-state index contributed by atoms with van der Waals surface area (Å²) in [5, 5.41) is 3.58. The molecule has 0 unspecified atom stereocenters. The van der Waals surface area contributed by atoms with E-state index >= 15 is 0 Å². The van der Waals surface area contributed by atoms with E-state index in [-0.39, 0.29) is 18.2 Å². The van der Waals surface area contributed by atoms with Gasteiger partial charge in [-0.05, 0) is 30.3 Å². The summed E-state index contributed by atoms with van der Waals surface area (Å²) in [4.78, 5) is 26.2. The minimum absolute atomic E-state index is 0.0505. The molecule has 0 radical (unpaired) electrons. The van der Waals surface area contributed by atoms with Crippen molar-refractivity contribution in [2.24, 2.45) is 5.92 Å². The van der Waals surface area contributed by atoms with Crippen LogP contribution in [-0.2, 0) is 9.59 Å². The van der Waals surface area contributed by atoms with Crippen molar-refractivity contribution in [1.82, 2.24) is 0 Å². The van der Waals surface area contributed by atoms with E-state index in [1.54, 1.807) is 23.1 Å². The zero-order valence-electron chi connectivity index (χ0n) is 12.1. The van der Waals surface area contributed by atoms with Crippen molar-refractivity contribution in [2.75, 3.05) is 16.8 Å². The number of nitrogens with zero attached hydrogens (tertiary/aromatic N) is 1. The van der Waals surface area contributed by atoms with Crippen molar-refractivity contribution in [1.29, 1.82) is 0 Å². The number of carbonyl (C=O) groups is 2. The Morgan fingerprint density at radius 2 is 1.83 bits per heavy atom. The fourth-order valence-corrected chi connectivity index (χ4v) is 2.86. The number of rotatable bonds is 3. The molecular formula is C17H14Cl2N2O2. The van der Waals surface area contributed by atoms with E-state index in [2.05, 4.69) is 5.32 Å². The van der Waals surface area contributed by atoms with Crippen molar-refractivity contribution in [3.05, 3.63) is 58.6 Å². The molecule has 0 bridgehead atoms. The summed E-state index contributed by atoms with van der Waals surface area (Å²) >= 11 is 11.8. The molecule has 0 saturated carbocycles. The quantitative estimate of drug-likeness (QED) is 0.911. The van der Waals surface area contributed by atoms with Crippen molar-refractivity contribution in [3.63, 3.8) is 0 Å². The van der Waals surface area contributed by atoms with Crippen LogP contribution in [0.15, 0.2) is 48.5 Å². The molecule has 1 atom stereocenters. The molecule has 1 heterocycles. The fourth-order valence-electron chi connectivity index (χ4n) is 2.56. The molecule has 2 aromatic carbocycles. The average Bonchev–Trinajstić information content (AvgIpc) is 2.94. The summed E-state index contributed by atoms with van der Waals surface area (Å²) in [7, 11) is 0. The minimum atomic E-state index is -0.392. The zero-order chi connectivity index (χ0) is 16.4. The summed E-state index contributed by atoms with van der Waals surface area (Å²) in [6, 6.07) is 14.2. The van der Waals surface area contributed by atoms with Crippen LogP contribution in [0.5, 0.6) is 0 Å². The van der Waals surface area contributed by atoms with Gasteiger partial charge in [-0.2, -0.15) is 0 Å². The number of amides is 2. The standard InChI is InChI=1S/C17H14Cl2N2O2/c18-14-7-6-12(9-15(14)19)20-17(23)11-8-16(22)21(10-11)13-4-2-1-3-5-13/h1-7,9,11H,8,10H2,(H,20,23)/t11-/m1/s1. The highest BCUT2D eigenvalue weighted by Gasteiger charge is 2.35. The van der Waals surface area contributed by atoms with Crippen molar-refractivity contribution >= 4 is 46.4 Å². The maximum atomic E-state index is 12.4. The number of anilines is 2. The third-order valence-electron chi connectivity index (χ3n) is 3.75. The lowest BCUT2D eigenvalue weighted by Gasteiger charge is -2.16. The van der Waals surface area contributed by atoms with Gasteiger partial charge in [-0.15, -0.1) is 0 Å². The second-order valence-electron chi connectivity index (χ2n) is 5.36. The first-order valence-corrected chi connectivity index (χ1v) is 7.91. The molecule has 0 aromatic heterocycles. The van der Waals surface area contributed by atoms with Crippen LogP contribution in [0.4, 0.5) is 11.4 Å². The van der Waals surface area contributed by atoms with E-state index in [0.29, 0.717) is 22.3 Å². The van der Waals surface area contributed by atoms with Crippen molar-refractivity contribution in [3.8, 4) is 0 Å². The Hall–Kier alpha value is -2.04. The molecule has 1 aliphatic heterocycles. The molecule has 0 aliphatic carbocycles. The van der Waals surface area contributed by atoms with Gasteiger partial charge in [0.25, 0.3) is 0 Å². The van der Waals surface area contributed by atoms with Gasteiger partial charge in [-0.1, -0.05) is 41.4 Å². The van der Waals surface area contributed by atoms with Gasteiger partial charge in [-0.3, -0.25) is 9.59 Å². The predicted molar refractivity (Wildman–Crippen MR) is 92.0 cm³/mol. The van der Waals surface area contributed by atoms with E-state index in [0.717, 1.165) is 5.69 Å². The lowest BCUT2D eigenvalue weighted by Crippen LogP contribution is -2.28. The molecule has 1 aliphatic rings. The summed E-state index contributed by atoms with van der Waals surface area (Å²) in [5.74, 6) is -0.641. The Morgan fingerprint density at radius 3 is 2.52 bits per heavy atom. The maximum Gasteiger partial charge on any atom is 0.229 e. The summed E-state index contributed by atoms with van der Waals surface area (Å²) in [6.45, 7) is 0.371. The zero-order valence-corrected chi connectivity index (χ0v) is 13.6. The molecule has 118 valence electrons. The first-order valence-electron chi connectivity index (χ1n) is 7.16. The number of halogens is 2. The van der Waals surface area contributed by atoms with Crippen LogP contribution in [-0.4, -0.2) is 18.4 Å². The van der Waals surface area contributed by atoms with E-state index in [1.165, 1.54) is 0 Å². The highest BCUT2D eigenvalue weighted by Crippen LogP contribution is 2.28. The predicted octanol–water partition coefficient (Wildman–Crippen LogP) is 3.99. The monoisotopic (exact) mass is 348 g/mol. The van der Waals surface area contributed by atoms with Crippen LogP contribution >= 0.6 is 23.2 Å². The van der Waals surface area contributed by atoms with Gasteiger partial charge < -0.3 is 10.2 Å². The van der Waals surface area contributed by atoms with Crippen molar-refractivity contribution < 1.29 is 9.59 Å². The Morgan fingerprint density at radius 1 is 1.09 bits per heavy atom. The summed E-state index contributed by atoms with van der Waals surface area (Å²) in [6.07, 6.45) is 0.196. The number of hydrogen-bond donors (Lipinski definition) is 1. The number of benzene rings is 2. The fraction of sp³-hybridized carbons (Fsp3) is 0.176. The lowest BCUT2D eigenvalue weighted by atomic mass is 10.1. The van der Waals surface area contributed by atoms with Gasteiger partial charge >= 0.3 is 0 Å². The van der Waals surface area contributed by atoms with Crippen LogP contribution in [0.3, 0.4) is 0 Å². The van der Waals surface area contributed by atoms with E-state index in [9.17, 15) is 9.59 Å². The first kappa shape index (κ1) is 15.8. The number of carbonyl (C=O) groups excluding carboxylic acids is 2. The van der Waals surface area contributed by atoms with Crippen LogP contribution in [0, 0.1) is 5.92 Å². The van der Waals surface area contributed by atoms with Gasteiger partial charge in [0.2, 0.25) is 11.8 Å². The van der Waals surface area contributed by atoms with Gasteiger partial charge in [0.05, 0.1) is 16.0 Å². The summed E-state index contributed by atoms with van der Waals surface area (Å²) in [5.41, 5.74) is 1.37. The van der Waals surface area contributed by atoms with Gasteiger partial charge in [0.15, 0.2) is 0 Å². The van der Waals surface area contributed by atoms with Crippen LogP contribution in [0.25, 0.3) is 0 Å². The highest BCUT2D eigenvalue weighted by atomic mass is 35.5. The second kappa shape index (κ2) is 6.60. The number of nitrogens with one attached hydrogen (secondary N) is 1. The summed E-state index contributed by atoms with van der Waals surface area (Å²) < 4.78 is 0. The molecule has 1 saturated heterocycles. The first-order chi connectivity index (χ1) is 11.0. The molecule has 1 N–H and O–H groups in total. The minimum Gasteiger partial charge on any atom is -0.326 e. The van der Waals surface area contributed by atoms with E-state index in [1.807, 2.05) is 30.3 Å². The highest BCUT2D eigenvalue weighted by molar-refractivity contribution is 6.42. The SMILES string of the molecule is O=C(Nc1ccc(Cl)c(Cl)c1)[C@@H]1CC(=O)N(c2ccccc2)C1. The molecule has 2 aromatic rings. The van der Waals surface area contributed by atoms with Gasteiger partial charge in [-0.25, -0.2) is 0 Å². The third-order valence-corrected chi connectivity index (χ3v) is 4.49. The maximum absolute atomic E-state index is 12.4. The van der Waals surface area contributed by atoms with Gasteiger partial charge in [0, 0.05) is 24.3 Å². The van der Waals surface area contributed by atoms with Crippen molar-refractivity contribution in [2.45, 2.75) is 6.42 Å². The largest absolute Gasteiger partial charge is 0.326 e. The smallest absolute Gasteiger partial charge is 0.229 e. The molecule has 1 fully saturated rings. The topological polar surface area (TPSA) is 49.4 Å². The van der Waals surface area contributed by atoms with E-state index in [4.69, 9.17) is 23.2 Å². The molecular weight excluding hydrogens is 335 g/mol. The second-order valence-corrected chi connectivity index (χ2v) is 6.17. The molecule has 4 nitrogen and oxygen atoms in total. The lowest BCUT2D eigenvalue weighted by molar-refractivity contribution is -0.122. The number of hydrogen-bond acceptors (Lipinski definition) is 2. The third kappa shape index (κ3) is 3.49. The van der Waals surface area contributed by atoms with E-state index < -0.39 is 5.92 Å².